The molecule has 2 N–H and O–H groups in total. The number of rotatable bonds is 10. The van der Waals surface area contributed by atoms with Crippen LogP contribution in [0.1, 0.15) is 40.0 Å². The minimum atomic E-state index is -0.875. The lowest BCUT2D eigenvalue weighted by Gasteiger charge is -2.26. The SMILES string of the molecule is CC(C)OCCOCCC(C)(NC1CC1)C(=O)O. The summed E-state index contributed by atoms with van der Waals surface area (Å²) in [6.07, 6.45) is 2.83. The van der Waals surface area contributed by atoms with Crippen molar-refractivity contribution in [2.75, 3.05) is 19.8 Å². The Morgan fingerprint density at radius 1 is 1.39 bits per heavy atom. The second kappa shape index (κ2) is 7.07. The van der Waals surface area contributed by atoms with E-state index in [0.29, 0.717) is 32.3 Å². The molecule has 0 saturated heterocycles. The fourth-order valence-corrected chi connectivity index (χ4v) is 1.64. The van der Waals surface area contributed by atoms with Crippen molar-refractivity contribution in [3.05, 3.63) is 0 Å². The third kappa shape index (κ3) is 5.80. The van der Waals surface area contributed by atoms with E-state index in [1.165, 1.54) is 0 Å². The molecule has 0 heterocycles. The van der Waals surface area contributed by atoms with Gasteiger partial charge in [0.15, 0.2) is 0 Å². The molecule has 1 fully saturated rings. The summed E-state index contributed by atoms with van der Waals surface area (Å²) < 4.78 is 10.7. The van der Waals surface area contributed by atoms with Gasteiger partial charge in [-0.05, 0) is 40.0 Å². The van der Waals surface area contributed by atoms with E-state index >= 15 is 0 Å². The zero-order valence-electron chi connectivity index (χ0n) is 11.6. The third-order valence-electron chi connectivity index (χ3n) is 3.00. The zero-order chi connectivity index (χ0) is 13.6. The predicted octanol–water partition coefficient (Wildman–Crippen LogP) is 1.41. The predicted molar refractivity (Wildman–Crippen MR) is 68.7 cm³/mol. The second-order valence-corrected chi connectivity index (χ2v) is 5.34. The highest BCUT2D eigenvalue weighted by Crippen LogP contribution is 2.24. The van der Waals surface area contributed by atoms with Crippen molar-refractivity contribution in [3.63, 3.8) is 0 Å². The number of hydrogen-bond donors (Lipinski definition) is 2. The van der Waals surface area contributed by atoms with E-state index in [-0.39, 0.29) is 6.10 Å². The summed E-state index contributed by atoms with van der Waals surface area (Å²) in [5.74, 6) is -0.809. The lowest BCUT2D eigenvalue weighted by atomic mass is 9.98. The Balaban J connectivity index is 2.15. The molecule has 0 amide bonds. The monoisotopic (exact) mass is 259 g/mol. The second-order valence-electron chi connectivity index (χ2n) is 5.34. The molecule has 0 spiro atoms. The molecule has 0 aliphatic heterocycles. The first-order valence-corrected chi connectivity index (χ1v) is 6.64. The topological polar surface area (TPSA) is 67.8 Å². The minimum absolute atomic E-state index is 0.203. The highest BCUT2D eigenvalue weighted by atomic mass is 16.5. The Kier molecular flexibility index (Phi) is 6.05. The molecule has 0 bridgehead atoms. The van der Waals surface area contributed by atoms with E-state index in [1.54, 1.807) is 6.92 Å². The number of carboxylic acids is 1. The van der Waals surface area contributed by atoms with Gasteiger partial charge >= 0.3 is 5.97 Å². The third-order valence-corrected chi connectivity index (χ3v) is 3.00. The molecule has 1 saturated carbocycles. The summed E-state index contributed by atoms with van der Waals surface area (Å²) >= 11 is 0. The van der Waals surface area contributed by atoms with Gasteiger partial charge in [0.1, 0.15) is 5.54 Å². The molecular formula is C13H25NO4. The molecule has 0 radical (unpaired) electrons. The van der Waals surface area contributed by atoms with Crippen LogP contribution in [0.15, 0.2) is 0 Å². The molecule has 0 aromatic carbocycles. The fourth-order valence-electron chi connectivity index (χ4n) is 1.64. The first-order chi connectivity index (χ1) is 8.44. The van der Waals surface area contributed by atoms with E-state index in [4.69, 9.17) is 9.47 Å². The van der Waals surface area contributed by atoms with Crippen LogP contribution in [0.4, 0.5) is 0 Å². The van der Waals surface area contributed by atoms with E-state index < -0.39 is 11.5 Å². The Hall–Kier alpha value is -0.650. The molecule has 0 aromatic heterocycles. The quantitative estimate of drug-likeness (QED) is 0.581. The average Bonchev–Trinajstić information content (AvgIpc) is 3.06. The largest absolute Gasteiger partial charge is 0.480 e. The van der Waals surface area contributed by atoms with Crippen molar-refractivity contribution in [1.29, 1.82) is 0 Å². The van der Waals surface area contributed by atoms with Gasteiger partial charge < -0.3 is 14.6 Å². The molecule has 106 valence electrons. The van der Waals surface area contributed by atoms with E-state index in [9.17, 15) is 9.90 Å². The number of aliphatic carboxylic acids is 1. The normalized spacial score (nSPS) is 18.9. The molecule has 5 heteroatoms. The number of ether oxygens (including phenoxy) is 2. The van der Waals surface area contributed by atoms with Crippen LogP contribution in [0.5, 0.6) is 0 Å². The van der Waals surface area contributed by atoms with Gasteiger partial charge in [-0.1, -0.05) is 0 Å². The molecule has 0 aromatic rings. The molecular weight excluding hydrogens is 234 g/mol. The van der Waals surface area contributed by atoms with Gasteiger partial charge in [0.05, 0.1) is 19.3 Å². The standard InChI is InChI=1S/C13H25NO4/c1-10(2)18-9-8-17-7-6-13(3,12(15)16)14-11-4-5-11/h10-11,14H,4-9H2,1-3H3,(H,15,16). The van der Waals surface area contributed by atoms with Gasteiger partial charge in [-0.25, -0.2) is 0 Å². The Morgan fingerprint density at radius 3 is 2.56 bits per heavy atom. The Morgan fingerprint density at radius 2 is 2.06 bits per heavy atom. The number of hydrogen-bond acceptors (Lipinski definition) is 4. The van der Waals surface area contributed by atoms with Crippen molar-refractivity contribution in [3.8, 4) is 0 Å². The van der Waals surface area contributed by atoms with Crippen LogP contribution in [0.25, 0.3) is 0 Å². The van der Waals surface area contributed by atoms with E-state index in [1.807, 2.05) is 13.8 Å². The zero-order valence-corrected chi connectivity index (χ0v) is 11.6. The van der Waals surface area contributed by atoms with Gasteiger partial charge in [-0.15, -0.1) is 0 Å². The maximum absolute atomic E-state index is 11.3. The van der Waals surface area contributed by atoms with Crippen LogP contribution >= 0.6 is 0 Å². The first kappa shape index (κ1) is 15.4. The van der Waals surface area contributed by atoms with Crippen LogP contribution in [0, 0.1) is 0 Å². The van der Waals surface area contributed by atoms with Crippen LogP contribution in [0.3, 0.4) is 0 Å². The van der Waals surface area contributed by atoms with E-state index in [2.05, 4.69) is 5.32 Å². The van der Waals surface area contributed by atoms with Gasteiger partial charge in [-0.2, -0.15) is 0 Å². The number of nitrogens with one attached hydrogen (secondary N) is 1. The molecule has 1 rings (SSSR count). The van der Waals surface area contributed by atoms with Crippen molar-refractivity contribution < 1.29 is 19.4 Å². The summed E-state index contributed by atoms with van der Waals surface area (Å²) in [6.45, 7) is 7.17. The van der Waals surface area contributed by atoms with Gasteiger partial charge in [0.25, 0.3) is 0 Å². The highest BCUT2D eigenvalue weighted by molar-refractivity contribution is 5.78. The van der Waals surface area contributed by atoms with Crippen molar-refractivity contribution in [1.82, 2.24) is 5.32 Å². The lowest BCUT2D eigenvalue weighted by Crippen LogP contribution is -2.51. The Bertz CT molecular complexity index is 266. The van der Waals surface area contributed by atoms with Crippen LogP contribution in [-0.2, 0) is 14.3 Å². The maximum atomic E-state index is 11.3. The number of carbonyl (C=O) groups is 1. The molecule has 1 aliphatic carbocycles. The van der Waals surface area contributed by atoms with E-state index in [0.717, 1.165) is 12.8 Å². The summed E-state index contributed by atoms with van der Waals surface area (Å²) in [5, 5.41) is 12.4. The van der Waals surface area contributed by atoms with Crippen LogP contribution in [-0.4, -0.2) is 48.6 Å². The molecule has 18 heavy (non-hydrogen) atoms. The van der Waals surface area contributed by atoms with Gasteiger partial charge in [-0.3, -0.25) is 10.1 Å². The van der Waals surface area contributed by atoms with Crippen molar-refractivity contribution >= 4 is 5.97 Å². The average molecular weight is 259 g/mol. The summed E-state index contributed by atoms with van der Waals surface area (Å²) in [4.78, 5) is 11.3. The molecule has 1 unspecified atom stereocenters. The lowest BCUT2D eigenvalue weighted by molar-refractivity contribution is -0.145. The van der Waals surface area contributed by atoms with Crippen LogP contribution in [0.2, 0.25) is 0 Å². The molecule has 1 aliphatic rings. The van der Waals surface area contributed by atoms with Crippen LogP contribution < -0.4 is 5.32 Å². The minimum Gasteiger partial charge on any atom is -0.480 e. The Labute approximate surface area is 109 Å². The fraction of sp³-hybridized carbons (Fsp3) is 0.923. The molecule has 5 nitrogen and oxygen atoms in total. The molecule has 1 atom stereocenters. The first-order valence-electron chi connectivity index (χ1n) is 6.64. The highest BCUT2D eigenvalue weighted by Gasteiger charge is 2.38. The van der Waals surface area contributed by atoms with Crippen molar-refractivity contribution in [2.24, 2.45) is 0 Å². The van der Waals surface area contributed by atoms with Gasteiger partial charge in [0, 0.05) is 12.6 Å². The summed E-state index contributed by atoms with van der Waals surface area (Å²) in [7, 11) is 0. The number of carboxylic acid groups (broad SMARTS) is 1. The summed E-state index contributed by atoms with van der Waals surface area (Å²) in [6, 6.07) is 0.371. The van der Waals surface area contributed by atoms with Gasteiger partial charge in [0.2, 0.25) is 0 Å². The maximum Gasteiger partial charge on any atom is 0.323 e. The smallest absolute Gasteiger partial charge is 0.323 e. The summed E-state index contributed by atoms with van der Waals surface area (Å²) in [5.41, 5.74) is -0.875. The van der Waals surface area contributed by atoms with Crippen molar-refractivity contribution in [2.45, 2.75) is 57.7 Å².